The van der Waals surface area contributed by atoms with Gasteiger partial charge in [-0.2, -0.15) is 0 Å². The predicted molar refractivity (Wildman–Crippen MR) is 92.6 cm³/mol. The van der Waals surface area contributed by atoms with Gasteiger partial charge in [-0.3, -0.25) is 0 Å². The van der Waals surface area contributed by atoms with Crippen molar-refractivity contribution in [2.75, 3.05) is 0 Å². The van der Waals surface area contributed by atoms with Crippen molar-refractivity contribution in [2.24, 2.45) is 11.8 Å². The van der Waals surface area contributed by atoms with E-state index in [1.807, 2.05) is 0 Å². The molecule has 0 N–H and O–H groups in total. The van der Waals surface area contributed by atoms with Gasteiger partial charge in [0.15, 0.2) is 0 Å². The Hall–Kier alpha value is -0.330. The van der Waals surface area contributed by atoms with Crippen LogP contribution < -0.4 is 0 Å². The smallest absolute Gasteiger partial charge is 0.129 e. The second-order valence-corrected chi connectivity index (χ2v) is 7.32. The summed E-state index contributed by atoms with van der Waals surface area (Å²) in [6.45, 7) is 4.00. The van der Waals surface area contributed by atoms with E-state index >= 15 is 0 Å². The third-order valence-corrected chi connectivity index (χ3v) is 5.10. The van der Waals surface area contributed by atoms with Gasteiger partial charge in [-0.05, 0) is 31.6 Å². The highest BCUT2D eigenvalue weighted by molar-refractivity contribution is 5.75. The second-order valence-electron chi connectivity index (χ2n) is 7.32. The van der Waals surface area contributed by atoms with Crippen molar-refractivity contribution >= 4 is 5.78 Å². The first-order valence-electron chi connectivity index (χ1n) is 9.73. The van der Waals surface area contributed by atoms with Crippen molar-refractivity contribution in [2.45, 2.75) is 110 Å². The molecule has 0 amide bonds. The molecule has 2 atom stereocenters. The molecule has 21 heavy (non-hydrogen) atoms. The molecule has 0 bridgehead atoms. The number of Topliss-reactive ketones (excluding diaryl/α,β-unsaturated/α-hetero) is 1. The Morgan fingerprint density at radius 1 is 0.762 bits per heavy atom. The zero-order chi connectivity index (χ0) is 15.3. The summed E-state index contributed by atoms with van der Waals surface area (Å²) in [4.78, 5) is 10.8. The third kappa shape index (κ3) is 11.0. The molecule has 0 heterocycles. The van der Waals surface area contributed by atoms with Crippen LogP contribution in [-0.4, -0.2) is 5.78 Å². The summed E-state index contributed by atoms with van der Waals surface area (Å²) in [5, 5.41) is 0. The minimum absolute atomic E-state index is 0.352. The number of rotatable bonds is 15. The lowest BCUT2D eigenvalue weighted by Gasteiger charge is -2.02. The number of carbonyl (C=O) groups excluding carboxylic acids is 1. The molecule has 1 fully saturated rings. The van der Waals surface area contributed by atoms with Gasteiger partial charge in [0.05, 0.1) is 0 Å². The zero-order valence-electron chi connectivity index (χ0n) is 14.7. The molecule has 0 spiro atoms. The molecule has 1 aliphatic rings. The Morgan fingerprint density at radius 3 is 1.76 bits per heavy atom. The molecule has 0 aromatic heterocycles. The fourth-order valence-corrected chi connectivity index (χ4v) is 3.52. The van der Waals surface area contributed by atoms with Gasteiger partial charge in [0.25, 0.3) is 0 Å². The second kappa shape index (κ2) is 12.2. The summed E-state index contributed by atoms with van der Waals surface area (Å²) in [5.41, 5.74) is 0. The van der Waals surface area contributed by atoms with E-state index in [0.717, 1.165) is 24.7 Å². The first-order chi connectivity index (χ1) is 10.2. The standard InChI is InChI=1S/C20H38O/c1-3-4-5-6-9-12-15-19-17-20(19)16-13-10-7-8-11-14-18(2)21/h19-20H,3-17H2,1-2H3. The van der Waals surface area contributed by atoms with Gasteiger partial charge in [0, 0.05) is 6.42 Å². The lowest BCUT2D eigenvalue weighted by molar-refractivity contribution is -0.117. The van der Waals surface area contributed by atoms with Crippen LogP contribution in [0.25, 0.3) is 0 Å². The van der Waals surface area contributed by atoms with Crippen molar-refractivity contribution in [1.82, 2.24) is 0 Å². The number of carbonyl (C=O) groups is 1. The van der Waals surface area contributed by atoms with Gasteiger partial charge in [-0.15, -0.1) is 0 Å². The molecule has 1 aliphatic carbocycles. The maximum atomic E-state index is 10.8. The molecule has 1 nitrogen and oxygen atoms in total. The molecule has 124 valence electrons. The predicted octanol–water partition coefficient (Wildman–Crippen LogP) is 6.69. The van der Waals surface area contributed by atoms with Crippen molar-refractivity contribution in [1.29, 1.82) is 0 Å². The Kier molecular flexibility index (Phi) is 10.9. The van der Waals surface area contributed by atoms with Gasteiger partial charge in [0.1, 0.15) is 5.78 Å². The van der Waals surface area contributed by atoms with E-state index in [4.69, 9.17) is 0 Å². The molecule has 1 heteroatoms. The van der Waals surface area contributed by atoms with Crippen molar-refractivity contribution in [3.63, 3.8) is 0 Å². The highest BCUT2D eigenvalue weighted by Crippen LogP contribution is 2.45. The number of hydrogen-bond acceptors (Lipinski definition) is 1. The Labute approximate surface area is 133 Å². The Morgan fingerprint density at radius 2 is 1.24 bits per heavy atom. The van der Waals surface area contributed by atoms with Gasteiger partial charge in [-0.25, -0.2) is 0 Å². The maximum Gasteiger partial charge on any atom is 0.129 e. The molecule has 0 saturated heterocycles. The Balaban J connectivity index is 1.77. The van der Waals surface area contributed by atoms with Crippen molar-refractivity contribution in [3.05, 3.63) is 0 Å². The fourth-order valence-electron chi connectivity index (χ4n) is 3.52. The minimum atomic E-state index is 0.352. The fraction of sp³-hybridized carbons (Fsp3) is 0.950. The van der Waals surface area contributed by atoms with Gasteiger partial charge in [-0.1, -0.05) is 84.0 Å². The van der Waals surface area contributed by atoms with Crippen LogP contribution >= 0.6 is 0 Å². The van der Waals surface area contributed by atoms with E-state index in [1.165, 1.54) is 83.5 Å². The summed E-state index contributed by atoms with van der Waals surface area (Å²) >= 11 is 0. The van der Waals surface area contributed by atoms with Crippen LogP contribution in [0.5, 0.6) is 0 Å². The van der Waals surface area contributed by atoms with Crippen molar-refractivity contribution in [3.8, 4) is 0 Å². The summed E-state index contributed by atoms with van der Waals surface area (Å²) in [6, 6.07) is 0. The average molecular weight is 295 g/mol. The van der Waals surface area contributed by atoms with E-state index in [9.17, 15) is 4.79 Å². The monoisotopic (exact) mass is 294 g/mol. The first-order valence-corrected chi connectivity index (χ1v) is 9.73. The SMILES string of the molecule is CCCCCCCCC1CC1CCCCCCCC(C)=O. The number of hydrogen-bond donors (Lipinski definition) is 0. The van der Waals surface area contributed by atoms with Crippen LogP contribution in [0.1, 0.15) is 110 Å². The summed E-state index contributed by atoms with van der Waals surface area (Å²) < 4.78 is 0. The van der Waals surface area contributed by atoms with Crippen LogP contribution in [0.15, 0.2) is 0 Å². The number of unbranched alkanes of at least 4 members (excludes halogenated alkanes) is 9. The topological polar surface area (TPSA) is 17.1 Å². The summed E-state index contributed by atoms with van der Waals surface area (Å²) in [5.74, 6) is 2.53. The van der Waals surface area contributed by atoms with Crippen molar-refractivity contribution < 1.29 is 4.79 Å². The normalized spacial score (nSPS) is 20.7. The van der Waals surface area contributed by atoms with Crippen LogP contribution in [0.4, 0.5) is 0 Å². The molecule has 0 radical (unpaired) electrons. The van der Waals surface area contributed by atoms with Crippen LogP contribution in [0.3, 0.4) is 0 Å². The molecular formula is C20H38O. The van der Waals surface area contributed by atoms with Gasteiger partial charge >= 0.3 is 0 Å². The largest absolute Gasteiger partial charge is 0.300 e. The molecule has 0 aromatic rings. The van der Waals surface area contributed by atoms with E-state index < -0.39 is 0 Å². The van der Waals surface area contributed by atoms with Crippen LogP contribution in [0, 0.1) is 11.8 Å². The molecular weight excluding hydrogens is 256 g/mol. The Bertz CT molecular complexity index is 259. The lowest BCUT2D eigenvalue weighted by atomic mass is 10.0. The van der Waals surface area contributed by atoms with Gasteiger partial charge in [0.2, 0.25) is 0 Å². The molecule has 1 rings (SSSR count). The maximum absolute atomic E-state index is 10.8. The van der Waals surface area contributed by atoms with E-state index in [1.54, 1.807) is 6.92 Å². The van der Waals surface area contributed by atoms with E-state index in [2.05, 4.69) is 6.92 Å². The highest BCUT2D eigenvalue weighted by Gasteiger charge is 2.34. The third-order valence-electron chi connectivity index (χ3n) is 5.10. The zero-order valence-corrected chi connectivity index (χ0v) is 14.7. The van der Waals surface area contributed by atoms with Gasteiger partial charge < -0.3 is 4.79 Å². The molecule has 0 aromatic carbocycles. The number of ketones is 1. The lowest BCUT2D eigenvalue weighted by Crippen LogP contribution is -1.90. The highest BCUT2D eigenvalue weighted by atomic mass is 16.1. The quantitative estimate of drug-likeness (QED) is 0.307. The first kappa shape index (κ1) is 18.7. The minimum Gasteiger partial charge on any atom is -0.300 e. The van der Waals surface area contributed by atoms with E-state index in [0.29, 0.717) is 5.78 Å². The average Bonchev–Trinajstić information content (AvgIpc) is 3.20. The molecule has 0 aliphatic heterocycles. The van der Waals surface area contributed by atoms with Crippen LogP contribution in [0.2, 0.25) is 0 Å². The molecule has 1 saturated carbocycles. The molecule has 2 unspecified atom stereocenters. The van der Waals surface area contributed by atoms with E-state index in [-0.39, 0.29) is 0 Å². The van der Waals surface area contributed by atoms with Crippen LogP contribution in [-0.2, 0) is 4.79 Å². The summed E-state index contributed by atoms with van der Waals surface area (Å²) in [7, 11) is 0. The summed E-state index contributed by atoms with van der Waals surface area (Å²) in [6.07, 6.45) is 20.5.